The minimum atomic E-state index is -0.0917. The molecule has 1 atom stereocenters. The van der Waals surface area contributed by atoms with E-state index in [1.165, 1.54) is 0 Å². The first-order valence-electron chi connectivity index (χ1n) is 7.01. The summed E-state index contributed by atoms with van der Waals surface area (Å²) < 4.78 is 5.08. The molecule has 5 heteroatoms. The van der Waals surface area contributed by atoms with Gasteiger partial charge in [-0.05, 0) is 48.9 Å². The zero-order valence-corrected chi connectivity index (χ0v) is 13.4. The van der Waals surface area contributed by atoms with Gasteiger partial charge in [0.15, 0.2) is 0 Å². The third-order valence-corrected chi connectivity index (χ3v) is 3.56. The highest BCUT2D eigenvalue weighted by molar-refractivity contribution is 6.30. The van der Waals surface area contributed by atoms with Crippen molar-refractivity contribution in [3.05, 3.63) is 59.1 Å². The number of nitrogens with one attached hydrogen (secondary N) is 2. The number of hydrogen-bond donors (Lipinski definition) is 2. The van der Waals surface area contributed by atoms with E-state index in [0.717, 1.165) is 17.0 Å². The van der Waals surface area contributed by atoms with Gasteiger partial charge in [0.05, 0.1) is 13.7 Å². The molecule has 0 saturated carbocycles. The molecule has 0 spiro atoms. The highest BCUT2D eigenvalue weighted by Gasteiger charge is 2.08. The number of halogens is 1. The van der Waals surface area contributed by atoms with E-state index in [9.17, 15) is 4.79 Å². The van der Waals surface area contributed by atoms with E-state index in [1.54, 1.807) is 31.4 Å². The Hall–Kier alpha value is -2.04. The highest BCUT2D eigenvalue weighted by Crippen LogP contribution is 2.16. The Bertz CT molecular complexity index is 612. The van der Waals surface area contributed by atoms with Crippen molar-refractivity contribution in [1.29, 1.82) is 0 Å². The lowest BCUT2D eigenvalue weighted by atomic mass is 10.1. The summed E-state index contributed by atoms with van der Waals surface area (Å²) in [6.07, 6.45) is 0. The number of rotatable bonds is 6. The summed E-state index contributed by atoms with van der Waals surface area (Å²) in [5.41, 5.74) is 1.83. The van der Waals surface area contributed by atoms with Gasteiger partial charge in [0.25, 0.3) is 0 Å². The molecule has 2 aromatic carbocycles. The molecule has 4 nitrogen and oxygen atoms in total. The number of methoxy groups -OCH3 is 1. The molecule has 0 aliphatic rings. The maximum atomic E-state index is 11.9. The molecule has 0 radical (unpaired) electrons. The van der Waals surface area contributed by atoms with Gasteiger partial charge < -0.3 is 15.4 Å². The molecule has 22 heavy (non-hydrogen) atoms. The van der Waals surface area contributed by atoms with Crippen LogP contribution in [-0.2, 0) is 4.79 Å². The van der Waals surface area contributed by atoms with Gasteiger partial charge in [0, 0.05) is 16.8 Å². The summed E-state index contributed by atoms with van der Waals surface area (Å²) in [5.74, 6) is 0.665. The predicted octanol–water partition coefficient (Wildman–Crippen LogP) is 3.64. The minimum Gasteiger partial charge on any atom is -0.497 e. The van der Waals surface area contributed by atoms with Crippen LogP contribution >= 0.6 is 11.6 Å². The minimum absolute atomic E-state index is 0.0684. The average Bonchev–Trinajstić information content (AvgIpc) is 2.54. The third-order valence-electron chi connectivity index (χ3n) is 3.31. The standard InChI is InChI=1S/C17H19ClN2O2/c1-12(13-3-5-14(18)6-4-13)19-11-17(21)20-15-7-9-16(22-2)10-8-15/h3-10,12,19H,11H2,1-2H3,(H,20,21)/t12-/m1/s1. The van der Waals surface area contributed by atoms with E-state index in [1.807, 2.05) is 31.2 Å². The lowest BCUT2D eigenvalue weighted by Crippen LogP contribution is -2.30. The number of carbonyl (C=O) groups excluding carboxylic acids is 1. The summed E-state index contributed by atoms with van der Waals surface area (Å²) in [6.45, 7) is 2.24. The van der Waals surface area contributed by atoms with Crippen LogP contribution in [0.3, 0.4) is 0 Å². The van der Waals surface area contributed by atoms with Crippen molar-refractivity contribution in [1.82, 2.24) is 5.32 Å². The van der Waals surface area contributed by atoms with Crippen LogP contribution in [0.15, 0.2) is 48.5 Å². The van der Waals surface area contributed by atoms with Gasteiger partial charge in [0.1, 0.15) is 5.75 Å². The van der Waals surface area contributed by atoms with Crippen molar-refractivity contribution in [2.75, 3.05) is 19.0 Å². The van der Waals surface area contributed by atoms with Crippen molar-refractivity contribution < 1.29 is 9.53 Å². The van der Waals surface area contributed by atoms with Gasteiger partial charge in [-0.25, -0.2) is 0 Å². The first-order valence-corrected chi connectivity index (χ1v) is 7.39. The Morgan fingerprint density at radius 3 is 2.36 bits per heavy atom. The number of benzene rings is 2. The third kappa shape index (κ3) is 4.76. The summed E-state index contributed by atoms with van der Waals surface area (Å²) >= 11 is 5.86. The van der Waals surface area contributed by atoms with Crippen molar-refractivity contribution in [3.63, 3.8) is 0 Å². The number of anilines is 1. The molecule has 2 rings (SSSR count). The average molecular weight is 319 g/mol. The van der Waals surface area contributed by atoms with Crippen LogP contribution in [-0.4, -0.2) is 19.6 Å². The Morgan fingerprint density at radius 2 is 1.77 bits per heavy atom. The molecule has 0 fully saturated rings. The summed E-state index contributed by atoms with van der Waals surface area (Å²) in [5, 5.41) is 6.71. The molecular weight excluding hydrogens is 300 g/mol. The van der Waals surface area contributed by atoms with Crippen LogP contribution in [0.4, 0.5) is 5.69 Å². The Balaban J connectivity index is 1.82. The predicted molar refractivity (Wildman–Crippen MR) is 89.5 cm³/mol. The van der Waals surface area contributed by atoms with E-state index in [4.69, 9.17) is 16.3 Å². The Labute approximate surface area is 135 Å². The molecule has 0 aromatic heterocycles. The van der Waals surface area contributed by atoms with Crippen LogP contribution in [0.2, 0.25) is 5.02 Å². The number of ether oxygens (including phenoxy) is 1. The number of hydrogen-bond acceptors (Lipinski definition) is 3. The topological polar surface area (TPSA) is 50.4 Å². The smallest absolute Gasteiger partial charge is 0.238 e. The van der Waals surface area contributed by atoms with Crippen LogP contribution in [0.5, 0.6) is 5.75 Å². The van der Waals surface area contributed by atoms with Gasteiger partial charge in [-0.15, -0.1) is 0 Å². The molecule has 2 N–H and O–H groups in total. The summed E-state index contributed by atoms with van der Waals surface area (Å²) in [6, 6.07) is 14.9. The molecule has 0 saturated heterocycles. The van der Waals surface area contributed by atoms with E-state index >= 15 is 0 Å². The largest absolute Gasteiger partial charge is 0.497 e. The first kappa shape index (κ1) is 16.3. The van der Waals surface area contributed by atoms with Gasteiger partial charge in [-0.3, -0.25) is 4.79 Å². The molecule has 0 heterocycles. The van der Waals surface area contributed by atoms with E-state index < -0.39 is 0 Å². The lowest BCUT2D eigenvalue weighted by Gasteiger charge is -2.14. The molecule has 0 aliphatic carbocycles. The fraction of sp³-hybridized carbons (Fsp3) is 0.235. The molecule has 116 valence electrons. The zero-order valence-electron chi connectivity index (χ0n) is 12.6. The van der Waals surface area contributed by atoms with E-state index in [-0.39, 0.29) is 18.5 Å². The monoisotopic (exact) mass is 318 g/mol. The van der Waals surface area contributed by atoms with Crippen molar-refractivity contribution in [3.8, 4) is 5.75 Å². The molecular formula is C17H19ClN2O2. The quantitative estimate of drug-likeness (QED) is 0.855. The Morgan fingerprint density at radius 1 is 1.14 bits per heavy atom. The van der Waals surface area contributed by atoms with Crippen molar-refractivity contribution in [2.24, 2.45) is 0 Å². The van der Waals surface area contributed by atoms with Crippen molar-refractivity contribution in [2.45, 2.75) is 13.0 Å². The van der Waals surface area contributed by atoms with Crippen LogP contribution < -0.4 is 15.4 Å². The van der Waals surface area contributed by atoms with Gasteiger partial charge in [-0.2, -0.15) is 0 Å². The Kier molecular flexibility index (Phi) is 5.81. The van der Waals surface area contributed by atoms with Gasteiger partial charge in [-0.1, -0.05) is 23.7 Å². The SMILES string of the molecule is COc1ccc(NC(=O)CN[C@H](C)c2ccc(Cl)cc2)cc1. The zero-order chi connectivity index (χ0) is 15.9. The summed E-state index contributed by atoms with van der Waals surface area (Å²) in [7, 11) is 1.61. The number of carbonyl (C=O) groups is 1. The van der Waals surface area contributed by atoms with Crippen LogP contribution in [0.1, 0.15) is 18.5 Å². The highest BCUT2D eigenvalue weighted by atomic mass is 35.5. The second kappa shape index (κ2) is 7.82. The fourth-order valence-corrected chi connectivity index (χ4v) is 2.12. The number of amides is 1. The molecule has 2 aromatic rings. The second-order valence-corrected chi connectivity index (χ2v) is 5.37. The molecule has 0 aliphatic heterocycles. The second-order valence-electron chi connectivity index (χ2n) is 4.93. The normalized spacial score (nSPS) is 11.8. The summed E-state index contributed by atoms with van der Waals surface area (Å²) in [4.78, 5) is 11.9. The van der Waals surface area contributed by atoms with E-state index in [2.05, 4.69) is 10.6 Å². The lowest BCUT2D eigenvalue weighted by molar-refractivity contribution is -0.115. The fourth-order valence-electron chi connectivity index (χ4n) is 1.99. The van der Waals surface area contributed by atoms with Crippen LogP contribution in [0, 0.1) is 0 Å². The molecule has 0 unspecified atom stereocenters. The molecule has 0 bridgehead atoms. The molecule has 1 amide bonds. The van der Waals surface area contributed by atoms with Crippen LogP contribution in [0.25, 0.3) is 0 Å². The maximum absolute atomic E-state index is 11.9. The van der Waals surface area contributed by atoms with Gasteiger partial charge >= 0.3 is 0 Å². The first-order chi connectivity index (χ1) is 10.6. The van der Waals surface area contributed by atoms with E-state index in [0.29, 0.717) is 5.02 Å². The van der Waals surface area contributed by atoms with Gasteiger partial charge in [0.2, 0.25) is 5.91 Å². The maximum Gasteiger partial charge on any atom is 0.238 e. The van der Waals surface area contributed by atoms with Crippen molar-refractivity contribution >= 4 is 23.2 Å².